The molecule has 1 rings (SSSR count). The summed E-state index contributed by atoms with van der Waals surface area (Å²) in [5.41, 5.74) is 0.433. The van der Waals surface area contributed by atoms with Gasteiger partial charge >= 0.3 is 5.97 Å². The third-order valence-corrected chi connectivity index (χ3v) is 4.17. The van der Waals surface area contributed by atoms with Crippen LogP contribution in [-0.4, -0.2) is 25.2 Å². The molecule has 1 aliphatic rings. The summed E-state index contributed by atoms with van der Waals surface area (Å²) in [6.07, 6.45) is 5.52. The smallest absolute Gasteiger partial charge is 0.307 e. The van der Waals surface area contributed by atoms with Crippen molar-refractivity contribution in [2.45, 2.75) is 71.9 Å². The van der Waals surface area contributed by atoms with Crippen molar-refractivity contribution in [1.82, 2.24) is 5.32 Å². The molecule has 0 saturated heterocycles. The molecular formula is C15H29NO2. The summed E-state index contributed by atoms with van der Waals surface area (Å²) in [6.45, 7) is 9.08. The Hall–Kier alpha value is -0.570. The highest BCUT2D eigenvalue weighted by Gasteiger charge is 2.30. The third-order valence-electron chi connectivity index (χ3n) is 4.17. The van der Waals surface area contributed by atoms with Crippen LogP contribution in [0.5, 0.6) is 0 Å². The molecule has 1 fully saturated rings. The molecule has 1 aliphatic carbocycles. The molecule has 0 aromatic heterocycles. The molecule has 106 valence electrons. The van der Waals surface area contributed by atoms with Gasteiger partial charge in [-0.05, 0) is 43.9 Å². The predicted octanol–water partition coefficient (Wildman–Crippen LogP) is 3.13. The van der Waals surface area contributed by atoms with Crippen LogP contribution < -0.4 is 5.32 Å². The Bertz CT molecular complexity index is 262. The molecule has 0 bridgehead atoms. The van der Waals surface area contributed by atoms with E-state index in [2.05, 4.69) is 33.0 Å². The Morgan fingerprint density at radius 2 is 1.83 bits per heavy atom. The molecule has 0 amide bonds. The van der Waals surface area contributed by atoms with Crippen LogP contribution in [0.3, 0.4) is 0 Å². The molecule has 18 heavy (non-hydrogen) atoms. The molecule has 1 saturated carbocycles. The lowest BCUT2D eigenvalue weighted by molar-refractivity contribution is -0.141. The van der Waals surface area contributed by atoms with Crippen molar-refractivity contribution < 1.29 is 9.53 Å². The summed E-state index contributed by atoms with van der Waals surface area (Å²) in [5, 5.41) is 3.56. The minimum absolute atomic E-state index is 0.127. The zero-order valence-corrected chi connectivity index (χ0v) is 12.6. The van der Waals surface area contributed by atoms with Crippen LogP contribution in [0.1, 0.15) is 59.8 Å². The fraction of sp³-hybridized carbons (Fsp3) is 0.933. The van der Waals surface area contributed by atoms with Crippen molar-refractivity contribution in [1.29, 1.82) is 0 Å². The Labute approximate surface area is 112 Å². The maximum absolute atomic E-state index is 11.2. The highest BCUT2D eigenvalue weighted by molar-refractivity contribution is 5.69. The van der Waals surface area contributed by atoms with Gasteiger partial charge in [-0.1, -0.05) is 20.8 Å². The van der Waals surface area contributed by atoms with Crippen LogP contribution in [0.25, 0.3) is 0 Å². The van der Waals surface area contributed by atoms with Gasteiger partial charge in [0, 0.05) is 12.1 Å². The lowest BCUT2D eigenvalue weighted by atomic mass is 9.71. The molecule has 1 N–H and O–H groups in total. The minimum Gasteiger partial charge on any atom is -0.469 e. The molecule has 1 unspecified atom stereocenters. The standard InChI is InChI=1S/C15H29NO2/c1-11(10-14(17)18-5)16-13-8-6-12(7-9-13)15(2,3)4/h11-13,16H,6-10H2,1-5H3. The van der Waals surface area contributed by atoms with E-state index in [4.69, 9.17) is 4.74 Å². The molecule has 0 aromatic rings. The molecule has 0 radical (unpaired) electrons. The fourth-order valence-corrected chi connectivity index (χ4v) is 2.92. The molecule has 3 nitrogen and oxygen atoms in total. The van der Waals surface area contributed by atoms with Crippen molar-refractivity contribution in [2.75, 3.05) is 7.11 Å². The van der Waals surface area contributed by atoms with Crippen molar-refractivity contribution in [3.8, 4) is 0 Å². The highest BCUT2D eigenvalue weighted by Crippen LogP contribution is 2.37. The Balaban J connectivity index is 2.29. The number of methoxy groups -OCH3 is 1. The van der Waals surface area contributed by atoms with Gasteiger partial charge in [-0.15, -0.1) is 0 Å². The molecule has 0 aliphatic heterocycles. The maximum atomic E-state index is 11.2. The van der Waals surface area contributed by atoms with Crippen molar-refractivity contribution >= 4 is 5.97 Å². The van der Waals surface area contributed by atoms with Crippen LogP contribution in [0.4, 0.5) is 0 Å². The third kappa shape index (κ3) is 4.97. The van der Waals surface area contributed by atoms with E-state index in [0.717, 1.165) is 5.92 Å². The summed E-state index contributed by atoms with van der Waals surface area (Å²) in [7, 11) is 1.45. The molecular weight excluding hydrogens is 226 g/mol. The first-order valence-electron chi connectivity index (χ1n) is 7.15. The Morgan fingerprint density at radius 1 is 1.28 bits per heavy atom. The first-order chi connectivity index (χ1) is 8.32. The molecule has 3 heteroatoms. The second-order valence-corrected chi connectivity index (χ2v) is 6.76. The van der Waals surface area contributed by atoms with Gasteiger partial charge in [0.25, 0.3) is 0 Å². The number of rotatable bonds is 4. The summed E-state index contributed by atoms with van der Waals surface area (Å²) >= 11 is 0. The van der Waals surface area contributed by atoms with Gasteiger partial charge in [-0.2, -0.15) is 0 Å². The van der Waals surface area contributed by atoms with Gasteiger partial charge in [0.05, 0.1) is 13.5 Å². The van der Waals surface area contributed by atoms with Crippen molar-refractivity contribution in [2.24, 2.45) is 11.3 Å². The molecule has 1 atom stereocenters. The van der Waals surface area contributed by atoms with Gasteiger partial charge < -0.3 is 10.1 Å². The zero-order valence-electron chi connectivity index (χ0n) is 12.6. The first-order valence-corrected chi connectivity index (χ1v) is 7.15. The van der Waals surface area contributed by atoms with Crippen molar-refractivity contribution in [3.63, 3.8) is 0 Å². The van der Waals surface area contributed by atoms with Gasteiger partial charge in [0.2, 0.25) is 0 Å². The maximum Gasteiger partial charge on any atom is 0.307 e. The predicted molar refractivity (Wildman–Crippen MR) is 74.4 cm³/mol. The Morgan fingerprint density at radius 3 is 2.28 bits per heavy atom. The number of hydrogen-bond donors (Lipinski definition) is 1. The SMILES string of the molecule is COC(=O)CC(C)NC1CCC(C(C)(C)C)CC1. The van der Waals surface area contributed by atoms with E-state index in [1.807, 2.05) is 0 Å². The van der Waals surface area contributed by atoms with E-state index in [0.29, 0.717) is 17.9 Å². The lowest BCUT2D eigenvalue weighted by Gasteiger charge is -2.38. The summed E-state index contributed by atoms with van der Waals surface area (Å²) in [4.78, 5) is 11.2. The molecule has 0 heterocycles. The quantitative estimate of drug-likeness (QED) is 0.784. The lowest BCUT2D eigenvalue weighted by Crippen LogP contribution is -2.41. The number of carbonyl (C=O) groups is 1. The number of nitrogens with one attached hydrogen (secondary N) is 1. The van der Waals surface area contributed by atoms with E-state index >= 15 is 0 Å². The van der Waals surface area contributed by atoms with Crippen LogP contribution in [0, 0.1) is 11.3 Å². The van der Waals surface area contributed by atoms with E-state index in [9.17, 15) is 4.79 Å². The van der Waals surface area contributed by atoms with Gasteiger partial charge in [-0.3, -0.25) is 4.79 Å². The minimum atomic E-state index is -0.127. The first kappa shape index (κ1) is 15.5. The number of ether oxygens (including phenoxy) is 1. The molecule has 0 spiro atoms. The van der Waals surface area contributed by atoms with Crippen LogP contribution in [-0.2, 0) is 9.53 Å². The van der Waals surface area contributed by atoms with Gasteiger partial charge in [-0.25, -0.2) is 0 Å². The second-order valence-electron chi connectivity index (χ2n) is 6.76. The largest absolute Gasteiger partial charge is 0.469 e. The van der Waals surface area contributed by atoms with E-state index in [-0.39, 0.29) is 12.0 Å². The second kappa shape index (κ2) is 6.55. The number of hydrogen-bond acceptors (Lipinski definition) is 3. The number of esters is 1. The number of carbonyl (C=O) groups excluding carboxylic acids is 1. The average Bonchev–Trinajstić information content (AvgIpc) is 2.28. The van der Waals surface area contributed by atoms with E-state index in [1.165, 1.54) is 32.8 Å². The fourth-order valence-electron chi connectivity index (χ4n) is 2.92. The zero-order chi connectivity index (χ0) is 13.8. The van der Waals surface area contributed by atoms with Crippen LogP contribution in [0.2, 0.25) is 0 Å². The summed E-state index contributed by atoms with van der Waals surface area (Å²) < 4.78 is 4.69. The monoisotopic (exact) mass is 255 g/mol. The van der Waals surface area contributed by atoms with Gasteiger partial charge in [0.1, 0.15) is 0 Å². The normalized spacial score (nSPS) is 26.7. The van der Waals surface area contributed by atoms with Crippen molar-refractivity contribution in [3.05, 3.63) is 0 Å². The highest BCUT2D eigenvalue weighted by atomic mass is 16.5. The molecule has 0 aromatic carbocycles. The van der Waals surface area contributed by atoms with Crippen LogP contribution in [0.15, 0.2) is 0 Å². The van der Waals surface area contributed by atoms with E-state index in [1.54, 1.807) is 0 Å². The van der Waals surface area contributed by atoms with E-state index < -0.39 is 0 Å². The van der Waals surface area contributed by atoms with Gasteiger partial charge in [0.15, 0.2) is 0 Å². The average molecular weight is 255 g/mol. The summed E-state index contributed by atoms with van der Waals surface area (Å²) in [5.74, 6) is 0.713. The summed E-state index contributed by atoms with van der Waals surface area (Å²) in [6, 6.07) is 0.789. The topological polar surface area (TPSA) is 38.3 Å². The Kier molecular flexibility index (Phi) is 5.64. The van der Waals surface area contributed by atoms with Crippen LogP contribution >= 0.6 is 0 Å².